The van der Waals surface area contributed by atoms with Crippen LogP contribution in [0, 0.1) is 0 Å². The van der Waals surface area contributed by atoms with Gasteiger partial charge < -0.3 is 9.47 Å². The zero-order valence-electron chi connectivity index (χ0n) is 19.0. The zero-order chi connectivity index (χ0) is 23.2. The van der Waals surface area contributed by atoms with E-state index < -0.39 is 0 Å². The van der Waals surface area contributed by atoms with E-state index in [1.165, 1.54) is 42.6 Å². The Labute approximate surface area is 207 Å². The van der Waals surface area contributed by atoms with E-state index in [1.807, 2.05) is 11.3 Å². The van der Waals surface area contributed by atoms with E-state index in [1.54, 1.807) is 0 Å². The molecule has 0 saturated heterocycles. The van der Waals surface area contributed by atoms with E-state index in [2.05, 4.69) is 143 Å². The summed E-state index contributed by atoms with van der Waals surface area (Å²) >= 11 is 1.85. The molecule has 0 unspecified atom stereocenters. The van der Waals surface area contributed by atoms with Crippen LogP contribution in [0.5, 0.6) is 0 Å². The van der Waals surface area contributed by atoms with Crippen molar-refractivity contribution in [3.05, 3.63) is 133 Å². The predicted molar refractivity (Wildman–Crippen MR) is 151 cm³/mol. The molecule has 5 aromatic carbocycles. The molecule has 2 heterocycles. The maximum Gasteiger partial charge on any atom is 0.103 e. The summed E-state index contributed by atoms with van der Waals surface area (Å²) in [4.78, 5) is 2.38. The van der Waals surface area contributed by atoms with Crippen molar-refractivity contribution in [2.45, 2.75) is 0 Å². The Morgan fingerprint density at radius 3 is 2.03 bits per heavy atom. The van der Waals surface area contributed by atoms with Gasteiger partial charge in [-0.05, 0) is 59.3 Å². The number of fused-ring (bicyclic) bond motifs is 4. The lowest BCUT2D eigenvalue weighted by Gasteiger charge is -2.24. The second-order valence-electron chi connectivity index (χ2n) is 8.69. The van der Waals surface area contributed by atoms with Gasteiger partial charge in [-0.15, -0.1) is 11.3 Å². The van der Waals surface area contributed by atoms with Crippen LogP contribution in [0.25, 0.3) is 37.6 Å². The molecule has 0 bridgehead atoms. The lowest BCUT2D eigenvalue weighted by atomic mass is 10.1. The number of nitrogens with zero attached hydrogens (tertiary/aromatic N) is 2. The highest BCUT2D eigenvalue weighted by Gasteiger charge is 2.20. The minimum Gasteiger partial charge on any atom is -0.308 e. The van der Waals surface area contributed by atoms with Gasteiger partial charge in [-0.25, -0.2) is 0 Å². The van der Waals surface area contributed by atoms with Crippen molar-refractivity contribution in [3.63, 3.8) is 0 Å². The number of anilines is 3. The molecule has 0 aliphatic carbocycles. The van der Waals surface area contributed by atoms with Gasteiger partial charge in [-0.1, -0.05) is 84.9 Å². The molecule has 0 N–H and O–H groups in total. The maximum absolute atomic E-state index is 2.38. The summed E-state index contributed by atoms with van der Waals surface area (Å²) in [6.07, 6.45) is 0. The molecule has 7 rings (SSSR count). The first-order valence-corrected chi connectivity index (χ1v) is 12.6. The van der Waals surface area contributed by atoms with Gasteiger partial charge in [0.1, 0.15) is 5.00 Å². The SMILES string of the molecule is c1ccc(N(c2ccc3ccccc3c2)c2cc3c(s2)c2ccccc2n3-c2ccccc2)cc1. The molecular formula is C32H22N2S. The van der Waals surface area contributed by atoms with E-state index in [-0.39, 0.29) is 0 Å². The van der Waals surface area contributed by atoms with Crippen LogP contribution in [0.15, 0.2) is 133 Å². The predicted octanol–water partition coefficient (Wildman–Crippen LogP) is 9.47. The maximum atomic E-state index is 2.38. The molecule has 2 aromatic heterocycles. The van der Waals surface area contributed by atoms with Gasteiger partial charge >= 0.3 is 0 Å². The van der Waals surface area contributed by atoms with Crippen LogP contribution in [0.4, 0.5) is 16.4 Å². The molecule has 7 aromatic rings. The van der Waals surface area contributed by atoms with Crippen LogP contribution in [0.3, 0.4) is 0 Å². The average molecular weight is 467 g/mol. The fourth-order valence-corrected chi connectivity index (χ4v) is 6.20. The summed E-state index contributed by atoms with van der Waals surface area (Å²) in [6, 6.07) is 47.6. The Kier molecular flexibility index (Phi) is 4.68. The summed E-state index contributed by atoms with van der Waals surface area (Å²) in [7, 11) is 0. The molecule has 0 amide bonds. The molecule has 0 aliphatic rings. The molecule has 0 saturated carbocycles. The van der Waals surface area contributed by atoms with E-state index in [0.717, 1.165) is 11.4 Å². The summed E-state index contributed by atoms with van der Waals surface area (Å²) < 4.78 is 3.69. The second-order valence-corrected chi connectivity index (χ2v) is 9.72. The largest absolute Gasteiger partial charge is 0.308 e. The molecule has 0 radical (unpaired) electrons. The van der Waals surface area contributed by atoms with E-state index in [4.69, 9.17) is 0 Å². The second kappa shape index (κ2) is 8.15. The highest BCUT2D eigenvalue weighted by atomic mass is 32.1. The lowest BCUT2D eigenvalue weighted by molar-refractivity contribution is 1.18. The van der Waals surface area contributed by atoms with Crippen LogP contribution in [-0.4, -0.2) is 4.57 Å². The van der Waals surface area contributed by atoms with Gasteiger partial charge in [0.15, 0.2) is 0 Å². The van der Waals surface area contributed by atoms with E-state index in [9.17, 15) is 0 Å². The monoisotopic (exact) mass is 466 g/mol. The quantitative estimate of drug-likeness (QED) is 0.251. The first kappa shape index (κ1) is 20.1. The number of hydrogen-bond acceptors (Lipinski definition) is 2. The van der Waals surface area contributed by atoms with Crippen molar-refractivity contribution in [1.82, 2.24) is 4.57 Å². The van der Waals surface area contributed by atoms with Crippen LogP contribution >= 0.6 is 11.3 Å². The summed E-state index contributed by atoms with van der Waals surface area (Å²) in [5, 5.41) is 4.98. The lowest BCUT2D eigenvalue weighted by Crippen LogP contribution is -2.08. The molecule has 2 nitrogen and oxygen atoms in total. The molecule has 0 aliphatic heterocycles. The summed E-state index contributed by atoms with van der Waals surface area (Å²) in [5.74, 6) is 0. The Morgan fingerprint density at radius 2 is 1.20 bits per heavy atom. The Bertz CT molecular complexity index is 1800. The first-order valence-electron chi connectivity index (χ1n) is 11.8. The smallest absolute Gasteiger partial charge is 0.103 e. The van der Waals surface area contributed by atoms with Gasteiger partial charge in [0, 0.05) is 22.4 Å². The average Bonchev–Trinajstić information content (AvgIpc) is 3.47. The number of para-hydroxylation sites is 3. The van der Waals surface area contributed by atoms with Crippen molar-refractivity contribution in [3.8, 4) is 5.69 Å². The summed E-state index contributed by atoms with van der Waals surface area (Å²) in [5.41, 5.74) is 5.97. The minimum absolute atomic E-state index is 1.15. The van der Waals surface area contributed by atoms with Crippen molar-refractivity contribution in [1.29, 1.82) is 0 Å². The van der Waals surface area contributed by atoms with Crippen molar-refractivity contribution in [2.75, 3.05) is 4.90 Å². The molecule has 166 valence electrons. The number of benzene rings is 5. The number of aromatic nitrogens is 1. The molecule has 0 atom stereocenters. The van der Waals surface area contributed by atoms with Gasteiger partial charge in [0.2, 0.25) is 0 Å². The van der Waals surface area contributed by atoms with Crippen LogP contribution in [0.1, 0.15) is 0 Å². The van der Waals surface area contributed by atoms with Crippen LogP contribution < -0.4 is 4.90 Å². The zero-order valence-corrected chi connectivity index (χ0v) is 19.8. The Balaban J connectivity index is 1.49. The number of rotatable bonds is 4. The third kappa shape index (κ3) is 3.32. The third-order valence-electron chi connectivity index (χ3n) is 6.57. The third-order valence-corrected chi connectivity index (χ3v) is 7.71. The van der Waals surface area contributed by atoms with Crippen molar-refractivity contribution in [2.24, 2.45) is 0 Å². The van der Waals surface area contributed by atoms with E-state index >= 15 is 0 Å². The topological polar surface area (TPSA) is 8.17 Å². The van der Waals surface area contributed by atoms with E-state index in [0.29, 0.717) is 0 Å². The van der Waals surface area contributed by atoms with Crippen LogP contribution in [-0.2, 0) is 0 Å². The van der Waals surface area contributed by atoms with Gasteiger partial charge in [0.05, 0.1) is 15.7 Å². The minimum atomic E-state index is 1.15. The molecule has 35 heavy (non-hydrogen) atoms. The van der Waals surface area contributed by atoms with Crippen LogP contribution in [0.2, 0.25) is 0 Å². The fraction of sp³-hybridized carbons (Fsp3) is 0. The first-order chi connectivity index (χ1) is 17.4. The summed E-state index contributed by atoms with van der Waals surface area (Å²) in [6.45, 7) is 0. The van der Waals surface area contributed by atoms with Gasteiger partial charge in [-0.2, -0.15) is 0 Å². The van der Waals surface area contributed by atoms with Crippen molar-refractivity contribution < 1.29 is 0 Å². The molecule has 0 fully saturated rings. The molecule has 0 spiro atoms. The Hall–Kier alpha value is -4.34. The van der Waals surface area contributed by atoms with Gasteiger partial charge in [-0.3, -0.25) is 0 Å². The van der Waals surface area contributed by atoms with Crippen molar-refractivity contribution >= 4 is 59.6 Å². The standard InChI is InChI=1S/C32H22N2S/c1-3-13-25(14-4-1)33(27-20-19-23-11-7-8-12-24(23)21-27)31-22-30-32(35-31)28-17-9-10-18-29(28)34(30)26-15-5-2-6-16-26/h1-22H. The molecule has 3 heteroatoms. The fourth-order valence-electron chi connectivity index (χ4n) is 4.98. The molecular weight excluding hydrogens is 444 g/mol. The highest BCUT2D eigenvalue weighted by molar-refractivity contribution is 7.24. The highest BCUT2D eigenvalue weighted by Crippen LogP contribution is 2.46. The van der Waals surface area contributed by atoms with Gasteiger partial charge in [0.25, 0.3) is 0 Å². The Morgan fingerprint density at radius 1 is 0.514 bits per heavy atom. The number of hydrogen-bond donors (Lipinski definition) is 0. The number of thiophene rings is 1. The normalized spacial score (nSPS) is 11.4.